The van der Waals surface area contributed by atoms with Crippen LogP contribution >= 0.6 is 0 Å². The first-order valence-corrected chi connectivity index (χ1v) is 7.76. The summed E-state index contributed by atoms with van der Waals surface area (Å²) in [6, 6.07) is 0.405. The lowest BCUT2D eigenvalue weighted by Gasteiger charge is -2.32. The minimum absolute atomic E-state index is 0.136. The van der Waals surface area contributed by atoms with Crippen molar-refractivity contribution >= 4 is 13.1 Å². The summed E-state index contributed by atoms with van der Waals surface area (Å²) < 4.78 is 0. The molecule has 0 bridgehead atoms. The second-order valence-electron chi connectivity index (χ2n) is 6.36. The van der Waals surface area contributed by atoms with Gasteiger partial charge in [-0.15, -0.1) is 0 Å². The minimum Gasteiger partial charge on any atom is -0.480 e. The third-order valence-electron chi connectivity index (χ3n) is 4.89. The zero-order valence-corrected chi connectivity index (χ0v) is 12.4. The van der Waals surface area contributed by atoms with E-state index in [1.54, 1.807) is 0 Å². The number of carboxylic acid groups (broad SMARTS) is 1. The number of nitrogens with one attached hydrogen (secondary N) is 1. The van der Waals surface area contributed by atoms with Crippen LogP contribution in [0.4, 0.5) is 0 Å². The van der Waals surface area contributed by atoms with Gasteiger partial charge in [0.15, 0.2) is 0 Å². The summed E-state index contributed by atoms with van der Waals surface area (Å²) in [6.45, 7) is 3.01. The van der Waals surface area contributed by atoms with E-state index in [-0.39, 0.29) is 12.2 Å². The molecule has 2 fully saturated rings. The predicted octanol–water partition coefficient (Wildman–Crippen LogP) is -1.29. The predicted molar refractivity (Wildman–Crippen MR) is 79.7 cm³/mol. The molecule has 0 amide bonds. The van der Waals surface area contributed by atoms with Crippen LogP contribution < -0.4 is 11.1 Å². The van der Waals surface area contributed by atoms with Crippen LogP contribution in [-0.4, -0.2) is 70.9 Å². The summed E-state index contributed by atoms with van der Waals surface area (Å²) >= 11 is 0. The van der Waals surface area contributed by atoms with Crippen LogP contribution in [0.2, 0.25) is 6.32 Å². The van der Waals surface area contributed by atoms with E-state index in [1.165, 1.54) is 0 Å². The summed E-state index contributed by atoms with van der Waals surface area (Å²) in [5, 5.41) is 30.6. The Morgan fingerprint density at radius 3 is 2.62 bits per heavy atom. The third kappa shape index (κ3) is 3.95. The van der Waals surface area contributed by atoms with Crippen molar-refractivity contribution in [2.24, 2.45) is 11.7 Å². The van der Waals surface area contributed by atoms with Gasteiger partial charge in [0.2, 0.25) is 0 Å². The van der Waals surface area contributed by atoms with E-state index in [4.69, 9.17) is 15.8 Å². The van der Waals surface area contributed by atoms with Crippen molar-refractivity contribution in [1.82, 2.24) is 10.2 Å². The van der Waals surface area contributed by atoms with Crippen molar-refractivity contribution in [3.05, 3.63) is 0 Å². The van der Waals surface area contributed by atoms with Crippen LogP contribution in [0.15, 0.2) is 0 Å². The highest BCUT2D eigenvalue weighted by Crippen LogP contribution is 2.33. The Hall–Kier alpha value is -0.665. The highest BCUT2D eigenvalue weighted by Gasteiger charge is 2.50. The van der Waals surface area contributed by atoms with Gasteiger partial charge in [-0.05, 0) is 38.7 Å². The van der Waals surface area contributed by atoms with E-state index >= 15 is 0 Å². The summed E-state index contributed by atoms with van der Waals surface area (Å²) in [4.78, 5) is 13.8. The molecule has 120 valence electrons. The maximum atomic E-state index is 11.6. The number of hydrogen-bond donors (Lipinski definition) is 5. The lowest BCUT2D eigenvalue weighted by molar-refractivity contribution is -0.144. The van der Waals surface area contributed by atoms with Crippen molar-refractivity contribution in [3.8, 4) is 0 Å². The van der Waals surface area contributed by atoms with E-state index in [9.17, 15) is 9.90 Å². The monoisotopic (exact) mass is 299 g/mol. The van der Waals surface area contributed by atoms with Gasteiger partial charge in [-0.1, -0.05) is 6.42 Å². The van der Waals surface area contributed by atoms with Gasteiger partial charge in [0.25, 0.3) is 0 Å². The Kier molecular flexibility index (Phi) is 5.62. The molecule has 0 aromatic rings. The lowest BCUT2D eigenvalue weighted by atomic mass is 9.78. The molecule has 0 unspecified atom stereocenters. The standard InChI is InChI=1S/C13H26BN3O4/c15-13(12(18)19)9-17(11-3-6-16-7-4-11)8-10(13)2-1-5-14(20)21/h10-11,16,20-21H,1-9,15H2,(H,18,19)/t10-,13-/m0/s1. The first-order chi connectivity index (χ1) is 9.93. The van der Waals surface area contributed by atoms with Gasteiger partial charge in [-0.2, -0.15) is 0 Å². The van der Waals surface area contributed by atoms with E-state index in [0.717, 1.165) is 25.9 Å². The molecular weight excluding hydrogens is 273 g/mol. The van der Waals surface area contributed by atoms with Crippen molar-refractivity contribution in [2.45, 2.75) is 43.6 Å². The number of carbonyl (C=O) groups is 1. The summed E-state index contributed by atoms with van der Waals surface area (Å²) in [7, 11) is -1.33. The van der Waals surface area contributed by atoms with Gasteiger partial charge in [-0.25, -0.2) is 0 Å². The number of aliphatic carboxylic acids is 1. The minimum atomic E-state index is -1.33. The zero-order valence-electron chi connectivity index (χ0n) is 12.4. The molecule has 6 N–H and O–H groups in total. The Labute approximate surface area is 125 Å². The first-order valence-electron chi connectivity index (χ1n) is 7.76. The van der Waals surface area contributed by atoms with Gasteiger partial charge in [0.1, 0.15) is 5.54 Å². The summed E-state index contributed by atoms with van der Waals surface area (Å²) in [5.41, 5.74) is 4.96. The number of nitrogens with zero attached hydrogens (tertiary/aromatic N) is 1. The lowest BCUT2D eigenvalue weighted by Crippen LogP contribution is -2.55. The molecule has 2 aliphatic heterocycles. The third-order valence-corrected chi connectivity index (χ3v) is 4.89. The Bertz CT molecular complexity index is 365. The highest BCUT2D eigenvalue weighted by molar-refractivity contribution is 6.40. The number of hydrogen-bond acceptors (Lipinski definition) is 6. The van der Waals surface area contributed by atoms with Crippen molar-refractivity contribution in [1.29, 1.82) is 0 Å². The Morgan fingerprint density at radius 1 is 1.38 bits per heavy atom. The molecule has 0 radical (unpaired) electrons. The molecule has 0 spiro atoms. The van der Waals surface area contributed by atoms with E-state index in [1.807, 2.05) is 0 Å². The number of carboxylic acids is 1. The molecule has 0 aliphatic carbocycles. The fourth-order valence-corrected chi connectivity index (χ4v) is 3.56. The van der Waals surface area contributed by atoms with Crippen LogP contribution in [0.5, 0.6) is 0 Å². The molecule has 21 heavy (non-hydrogen) atoms. The maximum Gasteiger partial charge on any atom is 0.451 e. The van der Waals surface area contributed by atoms with E-state index in [0.29, 0.717) is 32.0 Å². The first kappa shape index (κ1) is 16.7. The molecule has 8 heteroatoms. The summed E-state index contributed by atoms with van der Waals surface area (Å²) in [6.07, 6.45) is 3.51. The van der Waals surface area contributed by atoms with Gasteiger partial charge < -0.3 is 26.2 Å². The van der Waals surface area contributed by atoms with Gasteiger partial charge >= 0.3 is 13.1 Å². The number of piperidine rings is 1. The maximum absolute atomic E-state index is 11.6. The number of rotatable bonds is 6. The van der Waals surface area contributed by atoms with Gasteiger partial charge in [-0.3, -0.25) is 9.69 Å². The fourth-order valence-electron chi connectivity index (χ4n) is 3.56. The number of nitrogens with two attached hydrogens (primary N) is 1. The quantitative estimate of drug-likeness (QED) is 0.387. The molecule has 0 aromatic heterocycles. The molecule has 2 rings (SSSR count). The Morgan fingerprint density at radius 2 is 2.05 bits per heavy atom. The van der Waals surface area contributed by atoms with Crippen LogP contribution in [0.25, 0.3) is 0 Å². The van der Waals surface area contributed by atoms with Crippen LogP contribution in [0.1, 0.15) is 25.7 Å². The SMILES string of the molecule is N[C@@]1(C(=O)O)CN(C2CCNCC2)C[C@@H]1CCCB(O)O. The fraction of sp³-hybridized carbons (Fsp3) is 0.923. The second-order valence-corrected chi connectivity index (χ2v) is 6.36. The highest BCUT2D eigenvalue weighted by atomic mass is 16.4. The molecule has 2 aliphatic rings. The van der Waals surface area contributed by atoms with E-state index < -0.39 is 18.6 Å². The molecule has 7 nitrogen and oxygen atoms in total. The van der Waals surface area contributed by atoms with Gasteiger partial charge in [0, 0.05) is 25.0 Å². The van der Waals surface area contributed by atoms with Crippen molar-refractivity contribution in [2.75, 3.05) is 26.2 Å². The molecule has 2 atom stereocenters. The Balaban J connectivity index is 1.97. The van der Waals surface area contributed by atoms with E-state index in [2.05, 4.69) is 10.2 Å². The van der Waals surface area contributed by atoms with Crippen LogP contribution in [0, 0.1) is 5.92 Å². The zero-order chi connectivity index (χ0) is 15.5. The molecule has 2 heterocycles. The molecule has 0 saturated carbocycles. The number of likely N-dealkylation sites (tertiary alicyclic amines) is 1. The van der Waals surface area contributed by atoms with Crippen molar-refractivity contribution < 1.29 is 19.9 Å². The summed E-state index contributed by atoms with van der Waals surface area (Å²) in [5.74, 6) is -1.09. The molecule has 0 aromatic carbocycles. The molecular formula is C13H26BN3O4. The average molecular weight is 299 g/mol. The largest absolute Gasteiger partial charge is 0.480 e. The smallest absolute Gasteiger partial charge is 0.451 e. The average Bonchev–Trinajstić information content (AvgIpc) is 2.78. The molecule has 2 saturated heterocycles. The van der Waals surface area contributed by atoms with Gasteiger partial charge in [0.05, 0.1) is 0 Å². The van der Waals surface area contributed by atoms with Crippen molar-refractivity contribution in [3.63, 3.8) is 0 Å². The second kappa shape index (κ2) is 7.06. The van der Waals surface area contributed by atoms with Crippen LogP contribution in [0.3, 0.4) is 0 Å². The topological polar surface area (TPSA) is 119 Å². The normalized spacial score (nSPS) is 31.5. The van der Waals surface area contributed by atoms with Crippen LogP contribution in [-0.2, 0) is 4.79 Å².